The lowest BCUT2D eigenvalue weighted by atomic mass is 9.95. The van der Waals surface area contributed by atoms with Gasteiger partial charge < -0.3 is 14.8 Å². The highest BCUT2D eigenvalue weighted by Gasteiger charge is 2.24. The number of nitrogens with one attached hydrogen (secondary N) is 1. The van der Waals surface area contributed by atoms with Crippen LogP contribution in [0.4, 0.5) is 0 Å². The molecule has 6 heteroatoms. The monoisotopic (exact) mass is 402 g/mol. The third-order valence-electron chi connectivity index (χ3n) is 5.01. The largest absolute Gasteiger partial charge is 0.497 e. The number of piperidine rings is 1. The number of rotatable bonds is 8. The van der Waals surface area contributed by atoms with Crippen molar-refractivity contribution < 1.29 is 14.3 Å². The Hall–Kier alpha value is -2.24. The van der Waals surface area contributed by atoms with Gasteiger partial charge in [-0.15, -0.1) is 0 Å². The highest BCUT2D eigenvalue weighted by atomic mass is 35.5. The first-order chi connectivity index (χ1) is 13.6. The third-order valence-corrected chi connectivity index (χ3v) is 5.26. The van der Waals surface area contributed by atoms with Crippen molar-refractivity contribution in [2.45, 2.75) is 19.4 Å². The molecule has 1 heterocycles. The Morgan fingerprint density at radius 3 is 2.36 bits per heavy atom. The molecule has 2 aromatic rings. The minimum absolute atomic E-state index is 0.0856. The van der Waals surface area contributed by atoms with Gasteiger partial charge in [0.15, 0.2) is 0 Å². The van der Waals surface area contributed by atoms with Gasteiger partial charge in [0.2, 0.25) is 5.91 Å². The summed E-state index contributed by atoms with van der Waals surface area (Å²) in [6.07, 6.45) is 1.78. The zero-order valence-corrected chi connectivity index (χ0v) is 17.0. The van der Waals surface area contributed by atoms with Crippen LogP contribution in [0.1, 0.15) is 18.4 Å². The van der Waals surface area contributed by atoms with Gasteiger partial charge in [-0.05, 0) is 67.9 Å². The number of methoxy groups -OCH3 is 1. The predicted molar refractivity (Wildman–Crippen MR) is 111 cm³/mol. The Bertz CT molecular complexity index is 741. The van der Waals surface area contributed by atoms with Gasteiger partial charge in [-0.2, -0.15) is 0 Å². The number of nitrogens with zero attached hydrogens (tertiary/aromatic N) is 1. The molecule has 0 aliphatic carbocycles. The zero-order chi connectivity index (χ0) is 19.8. The molecular weight excluding hydrogens is 376 g/mol. The van der Waals surface area contributed by atoms with Gasteiger partial charge in [0, 0.05) is 17.5 Å². The van der Waals surface area contributed by atoms with Crippen LogP contribution >= 0.6 is 11.6 Å². The maximum atomic E-state index is 12.4. The summed E-state index contributed by atoms with van der Waals surface area (Å²) in [4.78, 5) is 14.8. The minimum Gasteiger partial charge on any atom is -0.497 e. The average Bonchev–Trinajstić information content (AvgIpc) is 2.73. The molecule has 1 aliphatic heterocycles. The smallest absolute Gasteiger partial charge is 0.223 e. The molecule has 0 radical (unpaired) electrons. The molecule has 1 fully saturated rings. The molecule has 1 N–H and O–H groups in total. The van der Waals surface area contributed by atoms with Crippen LogP contribution < -0.4 is 14.8 Å². The number of hydrogen-bond donors (Lipinski definition) is 1. The topological polar surface area (TPSA) is 50.8 Å². The van der Waals surface area contributed by atoms with E-state index in [0.717, 1.165) is 49.0 Å². The SMILES string of the molecule is COc1ccc(OCCNC(=O)C2CCN(Cc3ccc(Cl)cc3)CC2)cc1. The predicted octanol–water partition coefficient (Wildman–Crippen LogP) is 3.76. The van der Waals surface area contributed by atoms with Gasteiger partial charge in [-0.1, -0.05) is 23.7 Å². The van der Waals surface area contributed by atoms with Crippen molar-refractivity contribution in [2.24, 2.45) is 5.92 Å². The van der Waals surface area contributed by atoms with Crippen molar-refractivity contribution in [3.05, 3.63) is 59.1 Å². The Balaban J connectivity index is 1.32. The lowest BCUT2D eigenvalue weighted by molar-refractivity contribution is -0.126. The Morgan fingerprint density at radius 1 is 1.07 bits per heavy atom. The molecule has 150 valence electrons. The summed E-state index contributed by atoms with van der Waals surface area (Å²) in [6, 6.07) is 15.4. The summed E-state index contributed by atoms with van der Waals surface area (Å²) in [5.41, 5.74) is 1.25. The van der Waals surface area contributed by atoms with Crippen LogP contribution in [0.15, 0.2) is 48.5 Å². The minimum atomic E-state index is 0.0856. The first-order valence-electron chi connectivity index (χ1n) is 9.65. The van der Waals surface area contributed by atoms with Gasteiger partial charge in [-0.25, -0.2) is 0 Å². The van der Waals surface area contributed by atoms with Crippen LogP contribution in [-0.2, 0) is 11.3 Å². The maximum absolute atomic E-state index is 12.4. The third kappa shape index (κ3) is 6.14. The van der Waals surface area contributed by atoms with Crippen molar-refractivity contribution in [1.82, 2.24) is 10.2 Å². The standard InChI is InChI=1S/C22H27ClN2O3/c1-27-20-6-8-21(9-7-20)28-15-12-24-22(26)18-10-13-25(14-11-18)16-17-2-4-19(23)5-3-17/h2-9,18H,10-16H2,1H3,(H,24,26). The molecule has 2 aromatic carbocycles. The van der Waals surface area contributed by atoms with Crippen LogP contribution in [0, 0.1) is 5.92 Å². The van der Waals surface area contributed by atoms with E-state index in [1.807, 2.05) is 36.4 Å². The van der Waals surface area contributed by atoms with Gasteiger partial charge >= 0.3 is 0 Å². The summed E-state index contributed by atoms with van der Waals surface area (Å²) in [5, 5.41) is 3.75. The quantitative estimate of drug-likeness (QED) is 0.683. The summed E-state index contributed by atoms with van der Waals surface area (Å²) < 4.78 is 10.8. The van der Waals surface area contributed by atoms with E-state index in [0.29, 0.717) is 13.2 Å². The molecule has 0 aromatic heterocycles. The Kier molecular flexibility index (Phi) is 7.57. The van der Waals surface area contributed by atoms with E-state index >= 15 is 0 Å². The van der Waals surface area contributed by atoms with Crippen molar-refractivity contribution in [3.8, 4) is 11.5 Å². The molecule has 28 heavy (non-hydrogen) atoms. The van der Waals surface area contributed by atoms with Crippen molar-refractivity contribution in [1.29, 1.82) is 0 Å². The molecule has 0 bridgehead atoms. The van der Waals surface area contributed by atoms with Crippen LogP contribution in [0.2, 0.25) is 5.02 Å². The fourth-order valence-corrected chi connectivity index (χ4v) is 3.49. The molecule has 0 unspecified atom stereocenters. The summed E-state index contributed by atoms with van der Waals surface area (Å²) in [7, 11) is 1.63. The van der Waals surface area contributed by atoms with Gasteiger partial charge in [-0.3, -0.25) is 9.69 Å². The first kappa shape index (κ1) is 20.5. The zero-order valence-electron chi connectivity index (χ0n) is 16.2. The van der Waals surface area contributed by atoms with Gasteiger partial charge in [0.1, 0.15) is 18.1 Å². The van der Waals surface area contributed by atoms with E-state index in [9.17, 15) is 4.79 Å². The molecule has 0 saturated carbocycles. The second kappa shape index (κ2) is 10.3. The first-order valence-corrected chi connectivity index (χ1v) is 10.0. The molecule has 1 amide bonds. The van der Waals surface area contributed by atoms with Crippen molar-refractivity contribution in [3.63, 3.8) is 0 Å². The Labute approximate surface area is 171 Å². The van der Waals surface area contributed by atoms with E-state index in [1.165, 1.54) is 5.56 Å². The molecular formula is C22H27ClN2O3. The number of amides is 1. The van der Waals surface area contributed by atoms with Gasteiger partial charge in [0.25, 0.3) is 0 Å². The average molecular weight is 403 g/mol. The van der Waals surface area contributed by atoms with Crippen molar-refractivity contribution in [2.75, 3.05) is 33.4 Å². The maximum Gasteiger partial charge on any atom is 0.223 e. The van der Waals surface area contributed by atoms with E-state index < -0.39 is 0 Å². The summed E-state index contributed by atoms with van der Waals surface area (Å²) in [5.74, 6) is 1.78. The molecule has 1 aliphatic rings. The molecule has 1 saturated heterocycles. The summed E-state index contributed by atoms with van der Waals surface area (Å²) >= 11 is 5.94. The highest BCUT2D eigenvalue weighted by molar-refractivity contribution is 6.30. The number of likely N-dealkylation sites (tertiary alicyclic amines) is 1. The number of hydrogen-bond acceptors (Lipinski definition) is 4. The fourth-order valence-electron chi connectivity index (χ4n) is 3.36. The van der Waals surface area contributed by atoms with Crippen LogP contribution in [0.25, 0.3) is 0 Å². The van der Waals surface area contributed by atoms with Gasteiger partial charge in [0.05, 0.1) is 13.7 Å². The van der Waals surface area contributed by atoms with E-state index in [-0.39, 0.29) is 11.8 Å². The lowest BCUT2D eigenvalue weighted by Crippen LogP contribution is -2.41. The number of halogens is 1. The molecule has 0 atom stereocenters. The van der Waals surface area contributed by atoms with E-state index in [2.05, 4.69) is 22.3 Å². The molecule has 0 spiro atoms. The second-order valence-electron chi connectivity index (χ2n) is 6.99. The second-order valence-corrected chi connectivity index (χ2v) is 7.43. The number of ether oxygens (including phenoxy) is 2. The van der Waals surface area contributed by atoms with Crippen molar-refractivity contribution >= 4 is 17.5 Å². The number of carbonyl (C=O) groups excluding carboxylic acids is 1. The lowest BCUT2D eigenvalue weighted by Gasteiger charge is -2.31. The normalized spacial score (nSPS) is 15.2. The van der Waals surface area contributed by atoms with Crippen LogP contribution in [-0.4, -0.2) is 44.2 Å². The number of carbonyl (C=O) groups is 1. The molecule has 3 rings (SSSR count). The molecule has 5 nitrogen and oxygen atoms in total. The fraction of sp³-hybridized carbons (Fsp3) is 0.409. The van der Waals surface area contributed by atoms with Crippen LogP contribution in [0.3, 0.4) is 0 Å². The highest BCUT2D eigenvalue weighted by Crippen LogP contribution is 2.20. The number of benzene rings is 2. The van der Waals surface area contributed by atoms with E-state index in [1.54, 1.807) is 7.11 Å². The van der Waals surface area contributed by atoms with Crippen LogP contribution in [0.5, 0.6) is 11.5 Å². The van der Waals surface area contributed by atoms with E-state index in [4.69, 9.17) is 21.1 Å². The summed E-state index contributed by atoms with van der Waals surface area (Å²) in [6.45, 7) is 3.73. The Morgan fingerprint density at radius 2 is 1.71 bits per heavy atom.